The van der Waals surface area contributed by atoms with Crippen LogP contribution in [0.5, 0.6) is 0 Å². The summed E-state index contributed by atoms with van der Waals surface area (Å²) in [6, 6.07) is 44.6. The molecule has 9 rings (SSSR count). The summed E-state index contributed by atoms with van der Waals surface area (Å²) in [6.07, 6.45) is 0. The van der Waals surface area contributed by atoms with Crippen molar-refractivity contribution in [2.45, 2.75) is 10.3 Å². The molecular formula is C37H23NO2S. The van der Waals surface area contributed by atoms with Crippen molar-refractivity contribution in [2.75, 3.05) is 0 Å². The van der Waals surface area contributed by atoms with Gasteiger partial charge in [-0.1, -0.05) is 121 Å². The molecule has 1 atom stereocenters. The standard InChI is InChI=1S/C37H23NO2S/c39-41(40)33-19-8-4-12-24(33)25-14-9-15-26-27-20-21-32-34(36(27)38-35(25)26)28-13-3-7-18-31(28)37(32)29-16-5-1-10-22(29)23-11-2-6-17-30(23)37/h1-21,38H,(H,39,40). The van der Waals surface area contributed by atoms with Gasteiger partial charge in [-0.3, -0.25) is 0 Å². The highest BCUT2D eigenvalue weighted by atomic mass is 32.2. The second-order valence-electron chi connectivity index (χ2n) is 10.9. The van der Waals surface area contributed by atoms with E-state index < -0.39 is 16.5 Å². The minimum absolute atomic E-state index is 0.395. The van der Waals surface area contributed by atoms with Crippen LogP contribution in [-0.2, 0) is 16.5 Å². The molecule has 0 saturated carbocycles. The first-order chi connectivity index (χ1) is 20.2. The Balaban J connectivity index is 1.42. The summed E-state index contributed by atoms with van der Waals surface area (Å²) in [7, 11) is 0. The van der Waals surface area contributed by atoms with E-state index in [0.717, 1.165) is 32.9 Å². The van der Waals surface area contributed by atoms with E-state index in [1.54, 1.807) is 12.1 Å². The maximum Gasteiger partial charge on any atom is 0.187 e. The number of hydrogen-bond donors (Lipinski definition) is 2. The minimum Gasteiger partial charge on any atom is -0.353 e. The first-order valence-corrected chi connectivity index (χ1v) is 14.9. The highest BCUT2D eigenvalue weighted by molar-refractivity contribution is 7.79. The molecule has 0 fully saturated rings. The van der Waals surface area contributed by atoms with Crippen LogP contribution in [0.3, 0.4) is 0 Å². The lowest BCUT2D eigenvalue weighted by atomic mass is 9.70. The SMILES string of the molecule is O=S(O)c1ccccc1-c1cccc2c1[nH]c1c3c(ccc12)C1(c2ccccc2-c2ccccc21)c1ccccc1-3. The summed E-state index contributed by atoms with van der Waals surface area (Å²) in [4.78, 5) is 4.24. The van der Waals surface area contributed by atoms with Crippen LogP contribution in [0.2, 0.25) is 0 Å². The molecule has 6 aromatic carbocycles. The number of fused-ring (bicyclic) bond motifs is 14. The Labute approximate surface area is 239 Å². The van der Waals surface area contributed by atoms with Crippen LogP contribution in [0, 0.1) is 0 Å². The third kappa shape index (κ3) is 2.78. The predicted molar refractivity (Wildman–Crippen MR) is 167 cm³/mol. The van der Waals surface area contributed by atoms with Crippen molar-refractivity contribution in [1.82, 2.24) is 4.98 Å². The molecule has 2 N–H and O–H groups in total. The molecule has 4 heteroatoms. The van der Waals surface area contributed by atoms with Gasteiger partial charge in [0.25, 0.3) is 0 Å². The number of aromatic amines is 1. The fraction of sp³-hybridized carbons (Fsp3) is 0.0270. The zero-order valence-electron chi connectivity index (χ0n) is 21.9. The van der Waals surface area contributed by atoms with Crippen molar-refractivity contribution in [3.05, 3.63) is 150 Å². The van der Waals surface area contributed by atoms with Crippen LogP contribution in [0.1, 0.15) is 22.3 Å². The van der Waals surface area contributed by atoms with Crippen LogP contribution < -0.4 is 0 Å². The normalized spacial score (nSPS) is 14.7. The lowest BCUT2D eigenvalue weighted by Crippen LogP contribution is -2.25. The van der Waals surface area contributed by atoms with Gasteiger partial charge in [0, 0.05) is 27.5 Å². The van der Waals surface area contributed by atoms with Crippen molar-refractivity contribution in [1.29, 1.82) is 0 Å². The molecule has 1 heterocycles. The summed E-state index contributed by atoms with van der Waals surface area (Å²) in [6.45, 7) is 0. The summed E-state index contributed by atoms with van der Waals surface area (Å²) >= 11 is -2.09. The van der Waals surface area contributed by atoms with Crippen molar-refractivity contribution >= 4 is 32.9 Å². The molecule has 194 valence electrons. The van der Waals surface area contributed by atoms with Crippen LogP contribution in [-0.4, -0.2) is 13.7 Å². The molecule has 0 radical (unpaired) electrons. The largest absolute Gasteiger partial charge is 0.353 e. The first kappa shape index (κ1) is 23.0. The third-order valence-electron chi connectivity index (χ3n) is 9.13. The zero-order chi connectivity index (χ0) is 27.3. The van der Waals surface area contributed by atoms with Crippen molar-refractivity contribution in [2.24, 2.45) is 0 Å². The molecule has 2 aliphatic rings. The zero-order valence-corrected chi connectivity index (χ0v) is 22.7. The summed E-state index contributed by atoms with van der Waals surface area (Å²) in [5, 5.41) is 2.25. The number of para-hydroxylation sites is 1. The van der Waals surface area contributed by atoms with Gasteiger partial charge < -0.3 is 9.54 Å². The van der Waals surface area contributed by atoms with E-state index in [4.69, 9.17) is 0 Å². The molecule has 0 amide bonds. The Morgan fingerprint density at radius 2 is 1.02 bits per heavy atom. The second kappa shape index (κ2) is 8.14. The smallest absolute Gasteiger partial charge is 0.187 e. The molecule has 0 bridgehead atoms. The van der Waals surface area contributed by atoms with Crippen molar-refractivity contribution in [3.63, 3.8) is 0 Å². The Kier molecular flexibility index (Phi) is 4.56. The number of benzene rings is 6. The minimum atomic E-state index is -2.09. The first-order valence-electron chi connectivity index (χ1n) is 13.8. The van der Waals surface area contributed by atoms with E-state index >= 15 is 0 Å². The highest BCUT2D eigenvalue weighted by Gasteiger charge is 2.52. The van der Waals surface area contributed by atoms with Gasteiger partial charge in [-0.25, -0.2) is 4.21 Å². The van der Waals surface area contributed by atoms with Gasteiger partial charge in [0.1, 0.15) is 0 Å². The Morgan fingerprint density at radius 1 is 0.488 bits per heavy atom. The maximum atomic E-state index is 12.2. The molecule has 1 aromatic heterocycles. The number of aromatic nitrogens is 1. The Hall–Kier alpha value is -4.77. The summed E-state index contributed by atoms with van der Waals surface area (Å²) in [5.41, 5.74) is 13.6. The summed E-state index contributed by atoms with van der Waals surface area (Å²) in [5.74, 6) is 0. The Bertz CT molecular complexity index is 2210. The molecule has 0 aliphatic heterocycles. The maximum absolute atomic E-state index is 12.2. The lowest BCUT2D eigenvalue weighted by molar-refractivity contribution is 0.564. The van der Waals surface area contributed by atoms with Crippen LogP contribution in [0.4, 0.5) is 0 Å². The summed E-state index contributed by atoms with van der Waals surface area (Å²) < 4.78 is 22.3. The molecule has 2 aliphatic carbocycles. The van der Waals surface area contributed by atoms with Crippen molar-refractivity contribution < 1.29 is 8.76 Å². The van der Waals surface area contributed by atoms with E-state index in [2.05, 4.69) is 96.0 Å². The van der Waals surface area contributed by atoms with E-state index in [9.17, 15) is 8.76 Å². The fourth-order valence-electron chi connectivity index (χ4n) is 7.64. The van der Waals surface area contributed by atoms with E-state index in [-0.39, 0.29) is 0 Å². The molecule has 3 nitrogen and oxygen atoms in total. The number of rotatable bonds is 2. The van der Waals surface area contributed by atoms with Gasteiger partial charge in [0.05, 0.1) is 21.3 Å². The molecule has 7 aromatic rings. The number of hydrogen-bond acceptors (Lipinski definition) is 1. The van der Waals surface area contributed by atoms with Crippen LogP contribution in [0.15, 0.2) is 132 Å². The van der Waals surface area contributed by atoms with E-state index in [1.807, 2.05) is 24.3 Å². The number of H-pyrrole nitrogens is 1. The van der Waals surface area contributed by atoms with Gasteiger partial charge in [-0.05, 0) is 45.0 Å². The monoisotopic (exact) mass is 545 g/mol. The molecule has 0 saturated heterocycles. The average molecular weight is 546 g/mol. The molecule has 1 unspecified atom stereocenters. The molecular weight excluding hydrogens is 522 g/mol. The fourth-order valence-corrected chi connectivity index (χ4v) is 8.20. The molecule has 41 heavy (non-hydrogen) atoms. The highest BCUT2D eigenvalue weighted by Crippen LogP contribution is 2.63. The van der Waals surface area contributed by atoms with E-state index in [0.29, 0.717) is 4.90 Å². The van der Waals surface area contributed by atoms with Crippen LogP contribution >= 0.6 is 0 Å². The van der Waals surface area contributed by atoms with Gasteiger partial charge in [0.15, 0.2) is 11.1 Å². The lowest BCUT2D eigenvalue weighted by Gasteiger charge is -2.30. The van der Waals surface area contributed by atoms with Crippen LogP contribution in [0.25, 0.3) is 55.2 Å². The van der Waals surface area contributed by atoms with Crippen molar-refractivity contribution in [3.8, 4) is 33.4 Å². The van der Waals surface area contributed by atoms with Gasteiger partial charge >= 0.3 is 0 Å². The predicted octanol–water partition coefficient (Wildman–Crippen LogP) is 8.91. The van der Waals surface area contributed by atoms with Gasteiger partial charge in [0.2, 0.25) is 0 Å². The quantitative estimate of drug-likeness (QED) is 0.213. The second-order valence-corrected chi connectivity index (χ2v) is 11.8. The molecule has 1 spiro atoms. The topological polar surface area (TPSA) is 53.1 Å². The average Bonchev–Trinajstić information content (AvgIpc) is 3.65. The Morgan fingerprint density at radius 3 is 1.71 bits per heavy atom. The number of nitrogens with one attached hydrogen (secondary N) is 1. The third-order valence-corrected chi connectivity index (χ3v) is 9.86. The van der Waals surface area contributed by atoms with Gasteiger partial charge in [-0.15, -0.1) is 0 Å². The van der Waals surface area contributed by atoms with E-state index in [1.165, 1.54) is 44.5 Å². The van der Waals surface area contributed by atoms with Gasteiger partial charge in [-0.2, -0.15) is 0 Å².